The van der Waals surface area contributed by atoms with E-state index >= 15 is 0 Å². The average molecular weight is 379 g/mol. The van der Waals surface area contributed by atoms with Crippen molar-refractivity contribution in [3.8, 4) is 5.75 Å². The van der Waals surface area contributed by atoms with Gasteiger partial charge in [0.1, 0.15) is 5.84 Å². The van der Waals surface area contributed by atoms with Gasteiger partial charge in [-0.15, -0.1) is 4.40 Å². The summed E-state index contributed by atoms with van der Waals surface area (Å²) < 4.78 is 45.4. The SMILES string of the molecule is COc1ccc(CN(C)C(=O)C2=CN3CCS(=O)(=O)N=C3C=C2)cc1F. The van der Waals surface area contributed by atoms with E-state index in [1.165, 1.54) is 36.3 Å². The van der Waals surface area contributed by atoms with Gasteiger partial charge < -0.3 is 14.5 Å². The van der Waals surface area contributed by atoms with E-state index < -0.39 is 15.8 Å². The van der Waals surface area contributed by atoms with Crippen LogP contribution in [0.1, 0.15) is 5.56 Å². The summed E-state index contributed by atoms with van der Waals surface area (Å²) in [7, 11) is -0.431. The fourth-order valence-corrected chi connectivity index (χ4v) is 3.67. The Kier molecular flexibility index (Phi) is 4.82. The van der Waals surface area contributed by atoms with E-state index in [0.29, 0.717) is 17.0 Å². The molecule has 0 atom stereocenters. The summed E-state index contributed by atoms with van der Waals surface area (Å²) in [6, 6.07) is 4.53. The maximum atomic E-state index is 13.8. The molecule has 0 saturated heterocycles. The van der Waals surface area contributed by atoms with E-state index in [0.717, 1.165) is 0 Å². The number of nitrogens with zero attached hydrogens (tertiary/aromatic N) is 3. The van der Waals surface area contributed by atoms with Gasteiger partial charge in [0.25, 0.3) is 15.9 Å². The summed E-state index contributed by atoms with van der Waals surface area (Å²) in [6.07, 6.45) is 4.62. The molecule has 0 bridgehead atoms. The van der Waals surface area contributed by atoms with Crippen LogP contribution in [-0.4, -0.2) is 56.4 Å². The van der Waals surface area contributed by atoms with Gasteiger partial charge in [0.2, 0.25) is 0 Å². The van der Waals surface area contributed by atoms with Crippen LogP contribution in [0.5, 0.6) is 5.75 Å². The molecular formula is C17H18FN3O4S. The summed E-state index contributed by atoms with van der Waals surface area (Å²) in [4.78, 5) is 15.7. The van der Waals surface area contributed by atoms with Crippen LogP contribution in [0.2, 0.25) is 0 Å². The Hall–Kier alpha value is -2.68. The van der Waals surface area contributed by atoms with Gasteiger partial charge >= 0.3 is 0 Å². The number of fused-ring (bicyclic) bond motifs is 1. The van der Waals surface area contributed by atoms with Crippen LogP contribution < -0.4 is 4.74 Å². The Morgan fingerprint density at radius 1 is 1.38 bits per heavy atom. The standard InChI is InChI=1S/C17H18FN3O4S/c1-20(10-12-3-5-15(25-2)14(18)9-12)17(22)13-4-6-16-19-26(23,24)8-7-21(16)11-13/h3-6,9,11H,7-8,10H2,1-2H3. The highest BCUT2D eigenvalue weighted by Crippen LogP contribution is 2.20. The molecule has 138 valence electrons. The van der Waals surface area contributed by atoms with Crippen LogP contribution in [0.25, 0.3) is 0 Å². The molecule has 3 rings (SSSR count). The second-order valence-electron chi connectivity index (χ2n) is 5.98. The van der Waals surface area contributed by atoms with E-state index in [9.17, 15) is 17.6 Å². The smallest absolute Gasteiger partial charge is 0.256 e. The monoisotopic (exact) mass is 379 g/mol. The molecule has 2 aliphatic rings. The molecule has 0 spiro atoms. The lowest BCUT2D eigenvalue weighted by Gasteiger charge is -2.28. The van der Waals surface area contributed by atoms with E-state index in [4.69, 9.17) is 4.74 Å². The van der Waals surface area contributed by atoms with Gasteiger partial charge in [-0.25, -0.2) is 12.8 Å². The van der Waals surface area contributed by atoms with Crippen molar-refractivity contribution in [1.29, 1.82) is 0 Å². The van der Waals surface area contributed by atoms with Gasteiger partial charge in [-0.3, -0.25) is 4.79 Å². The first kappa shape index (κ1) is 18.1. The van der Waals surface area contributed by atoms with Gasteiger partial charge in [-0.2, -0.15) is 0 Å². The van der Waals surface area contributed by atoms with Gasteiger partial charge in [-0.1, -0.05) is 6.07 Å². The first-order valence-corrected chi connectivity index (χ1v) is 9.47. The summed E-state index contributed by atoms with van der Waals surface area (Å²) in [5.74, 6) is -0.397. The number of carbonyl (C=O) groups is 1. The zero-order chi connectivity index (χ0) is 18.9. The van der Waals surface area contributed by atoms with E-state index in [-0.39, 0.29) is 30.5 Å². The second-order valence-corrected chi connectivity index (χ2v) is 7.73. The van der Waals surface area contributed by atoms with Crippen LogP contribution in [0.3, 0.4) is 0 Å². The number of rotatable bonds is 4. The van der Waals surface area contributed by atoms with Crippen molar-refractivity contribution in [2.75, 3.05) is 26.5 Å². The number of hydrogen-bond donors (Lipinski definition) is 0. The van der Waals surface area contributed by atoms with Crippen molar-refractivity contribution in [1.82, 2.24) is 9.80 Å². The van der Waals surface area contributed by atoms with E-state index in [2.05, 4.69) is 4.40 Å². The first-order valence-electron chi connectivity index (χ1n) is 7.86. The number of amides is 1. The van der Waals surface area contributed by atoms with Crippen LogP contribution in [0.15, 0.2) is 46.5 Å². The normalized spacial score (nSPS) is 17.9. The number of likely N-dealkylation sites (N-methyl/N-ethyl adjacent to an activating group) is 1. The van der Waals surface area contributed by atoms with Crippen molar-refractivity contribution in [3.05, 3.63) is 53.5 Å². The minimum absolute atomic E-state index is 0.0940. The minimum Gasteiger partial charge on any atom is -0.494 e. The Morgan fingerprint density at radius 3 is 2.85 bits per heavy atom. The van der Waals surface area contributed by atoms with E-state index in [1.54, 1.807) is 24.2 Å². The summed E-state index contributed by atoms with van der Waals surface area (Å²) in [5, 5.41) is 0. The minimum atomic E-state index is -3.43. The topological polar surface area (TPSA) is 79.3 Å². The second kappa shape index (κ2) is 6.91. The molecule has 9 heteroatoms. The van der Waals surface area contributed by atoms with Crippen LogP contribution in [0.4, 0.5) is 4.39 Å². The first-order chi connectivity index (χ1) is 12.3. The zero-order valence-corrected chi connectivity index (χ0v) is 15.2. The van der Waals surface area contributed by atoms with Crippen LogP contribution in [-0.2, 0) is 21.4 Å². The lowest BCUT2D eigenvalue weighted by Crippen LogP contribution is -2.38. The van der Waals surface area contributed by atoms with Crippen LogP contribution >= 0.6 is 0 Å². The molecule has 1 aromatic rings. The summed E-state index contributed by atoms with van der Waals surface area (Å²) >= 11 is 0. The summed E-state index contributed by atoms with van der Waals surface area (Å²) in [5.41, 5.74) is 1.03. The van der Waals surface area contributed by atoms with Gasteiger partial charge in [-0.05, 0) is 29.8 Å². The highest BCUT2D eigenvalue weighted by Gasteiger charge is 2.26. The van der Waals surface area contributed by atoms with Crippen LogP contribution in [0, 0.1) is 5.82 Å². The number of carbonyl (C=O) groups excluding carboxylic acids is 1. The van der Waals surface area contributed by atoms with Crippen molar-refractivity contribution in [2.24, 2.45) is 4.40 Å². The molecule has 26 heavy (non-hydrogen) atoms. The molecule has 1 amide bonds. The highest BCUT2D eigenvalue weighted by molar-refractivity contribution is 7.90. The number of halogens is 1. The third kappa shape index (κ3) is 3.77. The maximum absolute atomic E-state index is 13.8. The number of amidine groups is 1. The van der Waals surface area contributed by atoms with Gasteiger partial charge in [0.05, 0.1) is 18.4 Å². The number of sulfonamides is 1. The fourth-order valence-electron chi connectivity index (χ4n) is 2.70. The Labute approximate surface area is 151 Å². The molecule has 0 N–H and O–H groups in total. The molecule has 7 nitrogen and oxygen atoms in total. The fraction of sp³-hybridized carbons (Fsp3) is 0.294. The molecule has 0 fully saturated rings. The molecule has 0 unspecified atom stereocenters. The lowest BCUT2D eigenvalue weighted by molar-refractivity contribution is -0.126. The largest absolute Gasteiger partial charge is 0.494 e. The molecule has 1 aromatic carbocycles. The molecule has 0 aromatic heterocycles. The number of benzene rings is 1. The molecule has 2 heterocycles. The molecular weight excluding hydrogens is 361 g/mol. The van der Waals surface area contributed by atoms with Crippen molar-refractivity contribution in [2.45, 2.75) is 6.54 Å². The quantitative estimate of drug-likeness (QED) is 0.788. The Bertz CT molecular complexity index is 937. The van der Waals surface area contributed by atoms with Crippen molar-refractivity contribution >= 4 is 21.8 Å². The Balaban J connectivity index is 1.73. The number of methoxy groups -OCH3 is 1. The highest BCUT2D eigenvalue weighted by atomic mass is 32.2. The molecule has 0 saturated carbocycles. The third-order valence-electron chi connectivity index (χ3n) is 4.05. The third-order valence-corrected chi connectivity index (χ3v) is 5.22. The molecule has 0 aliphatic carbocycles. The van der Waals surface area contributed by atoms with Gasteiger partial charge in [0.15, 0.2) is 11.6 Å². The number of hydrogen-bond acceptors (Lipinski definition) is 5. The Morgan fingerprint density at radius 2 is 2.15 bits per heavy atom. The zero-order valence-electron chi connectivity index (χ0n) is 14.3. The molecule has 0 radical (unpaired) electrons. The van der Waals surface area contributed by atoms with Crippen molar-refractivity contribution < 1.29 is 22.3 Å². The summed E-state index contributed by atoms with van der Waals surface area (Å²) in [6.45, 7) is 0.468. The number of ether oxygens (including phenoxy) is 1. The predicted octanol–water partition coefficient (Wildman–Crippen LogP) is 1.29. The molecule has 2 aliphatic heterocycles. The van der Waals surface area contributed by atoms with E-state index in [1.807, 2.05) is 0 Å². The predicted molar refractivity (Wildman–Crippen MR) is 94.6 cm³/mol. The van der Waals surface area contributed by atoms with Crippen molar-refractivity contribution in [3.63, 3.8) is 0 Å². The maximum Gasteiger partial charge on any atom is 0.256 e. The van der Waals surface area contributed by atoms with Gasteiger partial charge in [0, 0.05) is 26.3 Å². The lowest BCUT2D eigenvalue weighted by atomic mass is 10.1. The average Bonchev–Trinajstić information content (AvgIpc) is 2.60.